The van der Waals surface area contributed by atoms with E-state index in [1.165, 1.54) is 0 Å². The van der Waals surface area contributed by atoms with E-state index < -0.39 is 0 Å². The average Bonchev–Trinajstić information content (AvgIpc) is 1.85. The van der Waals surface area contributed by atoms with Gasteiger partial charge in [0.15, 0.2) is 0 Å². The maximum atomic E-state index is 5.69. The van der Waals surface area contributed by atoms with Crippen LogP contribution >= 0.6 is 12.6 Å². The lowest BCUT2D eigenvalue weighted by Crippen LogP contribution is -1.99. The lowest BCUT2D eigenvalue weighted by atomic mass is 10.1. The summed E-state index contributed by atoms with van der Waals surface area (Å²) in [4.78, 5) is 0. The van der Waals surface area contributed by atoms with Gasteiger partial charge in [0.2, 0.25) is 0 Å². The summed E-state index contributed by atoms with van der Waals surface area (Å²) in [5.74, 6) is 0. The minimum absolute atomic E-state index is 0.0937. The summed E-state index contributed by atoms with van der Waals surface area (Å²) in [6.07, 6.45) is 0. The molecule has 60 valence electrons. The second-order valence-electron chi connectivity index (χ2n) is 2.53. The number of nitrogen functional groups attached to an aromatic ring is 2. The molecule has 0 saturated carbocycles. The van der Waals surface area contributed by atoms with Crippen LogP contribution < -0.4 is 11.5 Å². The molecule has 0 saturated heterocycles. The first kappa shape index (κ1) is 8.27. The SMILES string of the molecule is CC(S)c1c(N)cccc1N. The lowest BCUT2D eigenvalue weighted by molar-refractivity contribution is 1.12. The second-order valence-corrected chi connectivity index (χ2v) is 3.30. The van der Waals surface area contributed by atoms with E-state index in [0.717, 1.165) is 5.56 Å². The summed E-state index contributed by atoms with van der Waals surface area (Å²) in [5, 5.41) is 0.0937. The lowest BCUT2D eigenvalue weighted by Gasteiger charge is -2.10. The van der Waals surface area contributed by atoms with Crippen LogP contribution in [0.15, 0.2) is 18.2 Å². The van der Waals surface area contributed by atoms with Crippen LogP contribution in [0, 0.1) is 0 Å². The fourth-order valence-corrected chi connectivity index (χ4v) is 1.38. The Morgan fingerprint density at radius 3 is 2.00 bits per heavy atom. The molecule has 1 rings (SSSR count). The van der Waals surface area contributed by atoms with E-state index in [0.29, 0.717) is 11.4 Å². The Morgan fingerprint density at radius 1 is 1.27 bits per heavy atom. The van der Waals surface area contributed by atoms with Crippen LogP contribution in [-0.2, 0) is 0 Å². The third kappa shape index (κ3) is 1.60. The molecule has 3 heteroatoms. The molecule has 0 aliphatic carbocycles. The molecule has 0 radical (unpaired) electrons. The fraction of sp³-hybridized carbons (Fsp3) is 0.250. The van der Waals surface area contributed by atoms with Gasteiger partial charge in [-0.3, -0.25) is 0 Å². The topological polar surface area (TPSA) is 52.0 Å². The molecule has 1 unspecified atom stereocenters. The van der Waals surface area contributed by atoms with Crippen molar-refractivity contribution in [1.29, 1.82) is 0 Å². The number of nitrogens with two attached hydrogens (primary N) is 2. The van der Waals surface area contributed by atoms with Gasteiger partial charge in [-0.05, 0) is 19.1 Å². The molecule has 0 aliphatic rings. The van der Waals surface area contributed by atoms with Gasteiger partial charge in [-0.25, -0.2) is 0 Å². The molecule has 0 heterocycles. The Labute approximate surface area is 72.0 Å². The Bertz CT molecular complexity index is 238. The van der Waals surface area contributed by atoms with E-state index in [9.17, 15) is 0 Å². The molecular weight excluding hydrogens is 156 g/mol. The number of hydrogen-bond acceptors (Lipinski definition) is 3. The molecule has 2 nitrogen and oxygen atoms in total. The molecule has 0 spiro atoms. The van der Waals surface area contributed by atoms with Gasteiger partial charge >= 0.3 is 0 Å². The summed E-state index contributed by atoms with van der Waals surface area (Å²) in [6.45, 7) is 1.95. The van der Waals surface area contributed by atoms with E-state index in [-0.39, 0.29) is 5.25 Å². The van der Waals surface area contributed by atoms with Crippen LogP contribution in [-0.4, -0.2) is 0 Å². The summed E-state index contributed by atoms with van der Waals surface area (Å²) >= 11 is 4.27. The molecular formula is C8H12N2S. The van der Waals surface area contributed by atoms with Crippen molar-refractivity contribution in [2.45, 2.75) is 12.2 Å². The van der Waals surface area contributed by atoms with Crippen LogP contribution in [0.4, 0.5) is 11.4 Å². The summed E-state index contributed by atoms with van der Waals surface area (Å²) in [6, 6.07) is 5.50. The first-order chi connectivity index (χ1) is 5.13. The third-order valence-corrected chi connectivity index (χ3v) is 1.85. The zero-order valence-electron chi connectivity index (χ0n) is 6.41. The van der Waals surface area contributed by atoms with Crippen molar-refractivity contribution < 1.29 is 0 Å². The molecule has 4 N–H and O–H groups in total. The normalized spacial score (nSPS) is 12.9. The Balaban J connectivity index is 3.21. The summed E-state index contributed by atoms with van der Waals surface area (Å²) in [7, 11) is 0. The van der Waals surface area contributed by atoms with Crippen LogP contribution in [0.25, 0.3) is 0 Å². The number of benzene rings is 1. The van der Waals surface area contributed by atoms with Gasteiger partial charge in [0.1, 0.15) is 0 Å². The Morgan fingerprint density at radius 2 is 1.73 bits per heavy atom. The van der Waals surface area contributed by atoms with Crippen LogP contribution in [0.5, 0.6) is 0 Å². The highest BCUT2D eigenvalue weighted by molar-refractivity contribution is 7.80. The largest absolute Gasteiger partial charge is 0.398 e. The van der Waals surface area contributed by atoms with E-state index >= 15 is 0 Å². The van der Waals surface area contributed by atoms with Crippen LogP contribution in [0.1, 0.15) is 17.7 Å². The quantitative estimate of drug-likeness (QED) is 0.442. The van der Waals surface area contributed by atoms with Crippen molar-refractivity contribution in [2.75, 3.05) is 11.5 Å². The van der Waals surface area contributed by atoms with Gasteiger partial charge in [0.05, 0.1) is 0 Å². The van der Waals surface area contributed by atoms with Crippen LogP contribution in [0.3, 0.4) is 0 Å². The van der Waals surface area contributed by atoms with Crippen molar-refractivity contribution in [2.24, 2.45) is 0 Å². The molecule has 0 amide bonds. The average molecular weight is 168 g/mol. The van der Waals surface area contributed by atoms with Crippen molar-refractivity contribution in [3.05, 3.63) is 23.8 Å². The third-order valence-electron chi connectivity index (χ3n) is 1.59. The minimum atomic E-state index is 0.0937. The monoisotopic (exact) mass is 168 g/mol. The smallest absolute Gasteiger partial charge is 0.0378 e. The van der Waals surface area contributed by atoms with Crippen molar-refractivity contribution in [3.8, 4) is 0 Å². The molecule has 1 atom stereocenters. The number of anilines is 2. The first-order valence-corrected chi connectivity index (χ1v) is 3.96. The summed E-state index contributed by atoms with van der Waals surface area (Å²) in [5.41, 5.74) is 13.7. The van der Waals surface area contributed by atoms with E-state index in [1.54, 1.807) is 0 Å². The molecule has 0 aliphatic heterocycles. The minimum Gasteiger partial charge on any atom is -0.398 e. The zero-order chi connectivity index (χ0) is 8.43. The van der Waals surface area contributed by atoms with Crippen LogP contribution in [0.2, 0.25) is 0 Å². The predicted molar refractivity (Wildman–Crippen MR) is 52.7 cm³/mol. The number of rotatable bonds is 1. The van der Waals surface area contributed by atoms with E-state index in [2.05, 4.69) is 12.6 Å². The van der Waals surface area contributed by atoms with E-state index in [1.807, 2.05) is 25.1 Å². The van der Waals surface area contributed by atoms with Crippen molar-refractivity contribution in [3.63, 3.8) is 0 Å². The van der Waals surface area contributed by atoms with Gasteiger partial charge in [-0.1, -0.05) is 6.07 Å². The zero-order valence-corrected chi connectivity index (χ0v) is 7.31. The molecule has 0 fully saturated rings. The van der Waals surface area contributed by atoms with Crippen molar-refractivity contribution in [1.82, 2.24) is 0 Å². The summed E-state index contributed by atoms with van der Waals surface area (Å²) < 4.78 is 0. The molecule has 0 bridgehead atoms. The van der Waals surface area contributed by atoms with Gasteiger partial charge in [-0.15, -0.1) is 0 Å². The fourth-order valence-electron chi connectivity index (χ4n) is 1.08. The maximum Gasteiger partial charge on any atom is 0.0378 e. The highest BCUT2D eigenvalue weighted by atomic mass is 32.1. The Hall–Kier alpha value is -0.830. The van der Waals surface area contributed by atoms with E-state index in [4.69, 9.17) is 11.5 Å². The van der Waals surface area contributed by atoms with Crippen molar-refractivity contribution >= 4 is 24.0 Å². The molecule has 0 aromatic heterocycles. The molecule has 1 aromatic carbocycles. The van der Waals surface area contributed by atoms with Gasteiger partial charge < -0.3 is 11.5 Å². The maximum absolute atomic E-state index is 5.69. The second kappa shape index (κ2) is 3.05. The van der Waals surface area contributed by atoms with Gasteiger partial charge in [0, 0.05) is 22.2 Å². The highest BCUT2D eigenvalue weighted by Crippen LogP contribution is 2.29. The van der Waals surface area contributed by atoms with Gasteiger partial charge in [-0.2, -0.15) is 12.6 Å². The molecule has 1 aromatic rings. The van der Waals surface area contributed by atoms with Gasteiger partial charge in [0.25, 0.3) is 0 Å². The number of hydrogen-bond donors (Lipinski definition) is 3. The number of thiol groups is 1. The standard InChI is InChI=1S/C8H12N2S/c1-5(11)8-6(9)3-2-4-7(8)10/h2-5,11H,9-10H2,1H3. The Kier molecular flexibility index (Phi) is 2.29. The first-order valence-electron chi connectivity index (χ1n) is 3.45. The predicted octanol–water partition coefficient (Wildman–Crippen LogP) is 1.84. The highest BCUT2D eigenvalue weighted by Gasteiger charge is 2.07. The molecule has 11 heavy (non-hydrogen) atoms.